The van der Waals surface area contributed by atoms with Crippen molar-refractivity contribution < 1.29 is 9.53 Å². The molecule has 0 unspecified atom stereocenters. The highest BCUT2D eigenvalue weighted by molar-refractivity contribution is 5.84. The fraction of sp³-hybridized carbons (Fsp3) is 0.400. The summed E-state index contributed by atoms with van der Waals surface area (Å²) in [6.45, 7) is 8.32. The molecule has 0 saturated heterocycles. The van der Waals surface area contributed by atoms with Crippen LogP contribution < -0.4 is 5.32 Å². The number of carbonyl (C=O) groups is 1. The first-order valence-corrected chi connectivity index (χ1v) is 6.85. The predicted octanol–water partition coefficient (Wildman–Crippen LogP) is 3.31. The van der Waals surface area contributed by atoms with E-state index in [9.17, 15) is 4.79 Å². The Bertz CT molecular complexity index is 629. The van der Waals surface area contributed by atoms with E-state index in [-0.39, 0.29) is 0 Å². The molecule has 0 aromatic carbocycles. The van der Waals surface area contributed by atoms with Crippen LogP contribution in [0.2, 0.25) is 0 Å². The van der Waals surface area contributed by atoms with Crippen LogP contribution in [0.15, 0.2) is 30.9 Å². The monoisotopic (exact) mass is 288 g/mol. The molecule has 1 amide bonds. The molecule has 6 nitrogen and oxygen atoms in total. The van der Waals surface area contributed by atoms with Gasteiger partial charge in [0.25, 0.3) is 0 Å². The van der Waals surface area contributed by atoms with Crippen LogP contribution in [0.1, 0.15) is 27.7 Å². The van der Waals surface area contributed by atoms with Crippen molar-refractivity contribution in [1.29, 1.82) is 0 Å². The number of aromatic nitrogens is 3. The molecule has 2 heterocycles. The van der Waals surface area contributed by atoms with E-state index >= 15 is 0 Å². The summed E-state index contributed by atoms with van der Waals surface area (Å²) in [7, 11) is 0. The summed E-state index contributed by atoms with van der Waals surface area (Å²) in [6.07, 6.45) is 4.69. The highest BCUT2D eigenvalue weighted by atomic mass is 16.6. The van der Waals surface area contributed by atoms with Crippen molar-refractivity contribution in [3.63, 3.8) is 0 Å². The quantitative estimate of drug-likeness (QED) is 0.940. The largest absolute Gasteiger partial charge is 0.444 e. The van der Waals surface area contributed by atoms with E-state index in [1.54, 1.807) is 24.8 Å². The van der Waals surface area contributed by atoms with Gasteiger partial charge in [0.1, 0.15) is 11.4 Å². The van der Waals surface area contributed by atoms with Crippen LogP contribution in [0.25, 0.3) is 11.3 Å². The minimum absolute atomic E-state index is 0.450. The molecule has 2 rings (SSSR count). The average Bonchev–Trinajstić information content (AvgIpc) is 2.84. The summed E-state index contributed by atoms with van der Waals surface area (Å²) >= 11 is 0. The second-order valence-corrected chi connectivity index (χ2v) is 5.62. The van der Waals surface area contributed by atoms with Gasteiger partial charge in [-0.05, 0) is 39.8 Å². The second kappa shape index (κ2) is 5.95. The van der Waals surface area contributed by atoms with Gasteiger partial charge in [-0.2, -0.15) is 0 Å². The fourth-order valence-corrected chi connectivity index (χ4v) is 1.88. The Labute approximate surface area is 124 Å². The third kappa shape index (κ3) is 4.05. The minimum atomic E-state index is -0.539. The molecule has 112 valence electrons. The lowest BCUT2D eigenvalue weighted by atomic mass is 10.2. The van der Waals surface area contributed by atoms with Crippen LogP contribution in [0.4, 0.5) is 10.6 Å². The molecule has 0 aliphatic rings. The lowest BCUT2D eigenvalue weighted by molar-refractivity contribution is 0.0635. The van der Waals surface area contributed by atoms with Gasteiger partial charge in [0.2, 0.25) is 0 Å². The molecule has 21 heavy (non-hydrogen) atoms. The molecule has 0 fully saturated rings. The van der Waals surface area contributed by atoms with Gasteiger partial charge in [0.15, 0.2) is 0 Å². The summed E-state index contributed by atoms with van der Waals surface area (Å²) in [6, 6.07) is 3.68. The van der Waals surface area contributed by atoms with Gasteiger partial charge in [0, 0.05) is 18.3 Å². The number of imidazole rings is 1. The normalized spacial score (nSPS) is 11.2. The van der Waals surface area contributed by atoms with Gasteiger partial charge in [0.05, 0.1) is 18.2 Å². The summed E-state index contributed by atoms with van der Waals surface area (Å²) in [5, 5.41) is 2.64. The maximum Gasteiger partial charge on any atom is 0.413 e. The molecule has 2 aromatic rings. The smallest absolute Gasteiger partial charge is 0.413 e. The third-order valence-corrected chi connectivity index (χ3v) is 2.74. The Hall–Kier alpha value is -2.37. The van der Waals surface area contributed by atoms with E-state index in [2.05, 4.69) is 15.3 Å². The van der Waals surface area contributed by atoms with Crippen LogP contribution in [-0.4, -0.2) is 26.2 Å². The van der Waals surface area contributed by atoms with Crippen LogP contribution in [-0.2, 0) is 11.3 Å². The van der Waals surface area contributed by atoms with Crippen LogP contribution in [0, 0.1) is 0 Å². The van der Waals surface area contributed by atoms with Crippen LogP contribution in [0.5, 0.6) is 0 Å². The Morgan fingerprint density at radius 3 is 2.86 bits per heavy atom. The SMILES string of the molecule is CCn1cncc1-c1ccnc(NC(=O)OC(C)(C)C)c1. The molecule has 6 heteroatoms. The van der Waals surface area contributed by atoms with E-state index in [0.29, 0.717) is 5.82 Å². The van der Waals surface area contributed by atoms with Gasteiger partial charge in [-0.3, -0.25) is 5.32 Å². The highest BCUT2D eigenvalue weighted by Gasteiger charge is 2.16. The highest BCUT2D eigenvalue weighted by Crippen LogP contribution is 2.21. The number of nitrogens with zero attached hydrogens (tertiary/aromatic N) is 3. The van der Waals surface area contributed by atoms with Gasteiger partial charge >= 0.3 is 6.09 Å². The number of ether oxygens (including phenoxy) is 1. The molecule has 1 N–H and O–H groups in total. The number of hydrogen-bond donors (Lipinski definition) is 1. The Balaban J connectivity index is 2.17. The van der Waals surface area contributed by atoms with Gasteiger partial charge in [-0.1, -0.05) is 0 Å². The standard InChI is InChI=1S/C15H20N4O2/c1-5-19-10-16-9-12(19)11-6-7-17-13(8-11)18-14(20)21-15(2,3)4/h6-10H,5H2,1-4H3,(H,17,18,20). The summed E-state index contributed by atoms with van der Waals surface area (Å²) in [5.41, 5.74) is 1.38. The Morgan fingerprint density at radius 2 is 2.19 bits per heavy atom. The van der Waals surface area contributed by atoms with Crippen LogP contribution >= 0.6 is 0 Å². The van der Waals surface area contributed by atoms with Crippen molar-refractivity contribution >= 4 is 11.9 Å². The summed E-state index contributed by atoms with van der Waals surface area (Å²) in [4.78, 5) is 20.0. The topological polar surface area (TPSA) is 69.0 Å². The Morgan fingerprint density at radius 1 is 1.43 bits per heavy atom. The molecule has 0 bridgehead atoms. The van der Waals surface area contributed by atoms with Crippen LogP contribution in [0.3, 0.4) is 0 Å². The zero-order valence-electron chi connectivity index (χ0n) is 12.8. The molecule has 0 saturated carbocycles. The fourth-order valence-electron chi connectivity index (χ4n) is 1.88. The number of pyridine rings is 1. The maximum atomic E-state index is 11.8. The van der Waals surface area contributed by atoms with Crippen molar-refractivity contribution in [2.45, 2.75) is 39.8 Å². The lowest BCUT2D eigenvalue weighted by Crippen LogP contribution is -2.27. The molecule has 0 atom stereocenters. The molecule has 2 aromatic heterocycles. The second-order valence-electron chi connectivity index (χ2n) is 5.62. The molecule has 0 spiro atoms. The van der Waals surface area contributed by atoms with E-state index in [4.69, 9.17) is 4.74 Å². The Kier molecular flexibility index (Phi) is 4.26. The first-order chi connectivity index (χ1) is 9.89. The van der Waals surface area contributed by atoms with E-state index in [0.717, 1.165) is 17.8 Å². The number of rotatable bonds is 3. The maximum absolute atomic E-state index is 11.8. The molecule has 0 radical (unpaired) electrons. The number of amides is 1. The van der Waals surface area contributed by atoms with Gasteiger partial charge < -0.3 is 9.30 Å². The number of nitrogens with one attached hydrogen (secondary N) is 1. The van der Waals surface area contributed by atoms with E-state index in [1.807, 2.05) is 38.3 Å². The summed E-state index contributed by atoms with van der Waals surface area (Å²) in [5.74, 6) is 0.450. The van der Waals surface area contributed by atoms with Crippen molar-refractivity contribution in [3.05, 3.63) is 30.9 Å². The number of carbonyl (C=O) groups excluding carboxylic acids is 1. The molecular weight excluding hydrogens is 268 g/mol. The van der Waals surface area contributed by atoms with Crippen molar-refractivity contribution in [1.82, 2.24) is 14.5 Å². The van der Waals surface area contributed by atoms with Crippen molar-refractivity contribution in [2.24, 2.45) is 0 Å². The number of hydrogen-bond acceptors (Lipinski definition) is 4. The van der Waals surface area contributed by atoms with E-state index in [1.165, 1.54) is 0 Å². The average molecular weight is 288 g/mol. The van der Waals surface area contributed by atoms with Gasteiger partial charge in [-0.25, -0.2) is 14.8 Å². The first kappa shape index (κ1) is 15.0. The minimum Gasteiger partial charge on any atom is -0.444 e. The van der Waals surface area contributed by atoms with E-state index < -0.39 is 11.7 Å². The number of aryl methyl sites for hydroxylation is 1. The van der Waals surface area contributed by atoms with Crippen molar-refractivity contribution in [3.8, 4) is 11.3 Å². The first-order valence-electron chi connectivity index (χ1n) is 6.85. The van der Waals surface area contributed by atoms with Crippen molar-refractivity contribution in [2.75, 3.05) is 5.32 Å². The zero-order chi connectivity index (χ0) is 15.5. The number of anilines is 1. The zero-order valence-corrected chi connectivity index (χ0v) is 12.8. The van der Waals surface area contributed by atoms with Gasteiger partial charge in [-0.15, -0.1) is 0 Å². The lowest BCUT2D eigenvalue weighted by Gasteiger charge is -2.19. The molecular formula is C15H20N4O2. The summed E-state index contributed by atoms with van der Waals surface area (Å²) < 4.78 is 7.23. The predicted molar refractivity (Wildman–Crippen MR) is 81.0 cm³/mol. The third-order valence-electron chi connectivity index (χ3n) is 2.74. The molecule has 0 aliphatic carbocycles. The molecule has 0 aliphatic heterocycles.